The molecular weight excluding hydrogens is 372 g/mol. The van der Waals surface area contributed by atoms with Crippen molar-refractivity contribution in [3.8, 4) is 21.8 Å². The lowest BCUT2D eigenvalue weighted by atomic mass is 10.2. The molecule has 0 unspecified atom stereocenters. The van der Waals surface area contributed by atoms with Gasteiger partial charge in [0.15, 0.2) is 0 Å². The smallest absolute Gasteiger partial charge is 0.269 e. The van der Waals surface area contributed by atoms with E-state index in [2.05, 4.69) is 15.3 Å². The van der Waals surface area contributed by atoms with E-state index in [-0.39, 0.29) is 17.7 Å². The van der Waals surface area contributed by atoms with Crippen LogP contribution >= 0.6 is 22.9 Å². The van der Waals surface area contributed by atoms with Crippen LogP contribution in [0.3, 0.4) is 0 Å². The highest BCUT2D eigenvalue weighted by atomic mass is 35.5. The van der Waals surface area contributed by atoms with Gasteiger partial charge in [-0.15, -0.1) is 22.9 Å². The third-order valence-electron chi connectivity index (χ3n) is 3.63. The van der Waals surface area contributed by atoms with Gasteiger partial charge in [-0.2, -0.15) is 0 Å². The predicted octanol–water partition coefficient (Wildman–Crippen LogP) is 3.68. The third kappa shape index (κ3) is 3.95. The highest BCUT2D eigenvalue weighted by Crippen LogP contribution is 2.30. The maximum atomic E-state index is 12.0. The Morgan fingerprint density at radius 1 is 1.27 bits per heavy atom. The number of carbonyl (C=O) groups excluding carboxylic acids is 2. The average molecular weight is 389 g/mol. The normalized spacial score (nSPS) is 10.6. The summed E-state index contributed by atoms with van der Waals surface area (Å²) in [5.74, 6) is -0.434. The summed E-state index contributed by atoms with van der Waals surface area (Å²) in [4.78, 5) is 32.6. The number of carbonyl (C=O) groups is 2. The Morgan fingerprint density at radius 2 is 2.08 bits per heavy atom. The molecule has 0 fully saturated rings. The molecule has 0 aliphatic heterocycles. The number of hydrogen-bond donors (Lipinski definition) is 2. The van der Waals surface area contributed by atoms with Crippen molar-refractivity contribution in [1.82, 2.24) is 14.9 Å². The Labute approximate surface area is 159 Å². The van der Waals surface area contributed by atoms with Crippen LogP contribution < -0.4 is 5.32 Å². The molecule has 134 valence electrons. The van der Waals surface area contributed by atoms with Gasteiger partial charge in [0.05, 0.1) is 5.69 Å². The van der Waals surface area contributed by atoms with E-state index in [0.29, 0.717) is 11.4 Å². The van der Waals surface area contributed by atoms with Gasteiger partial charge >= 0.3 is 0 Å². The minimum atomic E-state index is -0.256. The molecule has 6 nitrogen and oxygen atoms in total. The number of alkyl halides is 1. The van der Waals surface area contributed by atoms with E-state index in [9.17, 15) is 9.59 Å². The molecule has 0 atom stereocenters. The molecule has 0 aliphatic rings. The van der Waals surface area contributed by atoms with Crippen LogP contribution in [-0.2, 0) is 4.79 Å². The van der Waals surface area contributed by atoms with Gasteiger partial charge in [0.1, 0.15) is 16.6 Å². The second kappa shape index (κ2) is 7.72. The van der Waals surface area contributed by atoms with Crippen LogP contribution in [-0.4, -0.2) is 46.7 Å². The molecular formula is C18H17ClN4O2S. The molecule has 2 aromatic heterocycles. The summed E-state index contributed by atoms with van der Waals surface area (Å²) in [7, 11) is 3.42. The average Bonchev–Trinajstić information content (AvgIpc) is 3.30. The summed E-state index contributed by atoms with van der Waals surface area (Å²) in [6.07, 6.45) is 1.77. The van der Waals surface area contributed by atoms with Gasteiger partial charge < -0.3 is 15.2 Å². The zero-order chi connectivity index (χ0) is 18.7. The molecule has 0 saturated carbocycles. The molecule has 3 rings (SSSR count). The molecule has 3 aromatic rings. The van der Waals surface area contributed by atoms with E-state index < -0.39 is 0 Å². The number of anilines is 1. The summed E-state index contributed by atoms with van der Waals surface area (Å²) in [6, 6.07) is 9.22. The van der Waals surface area contributed by atoms with Gasteiger partial charge in [0.25, 0.3) is 5.91 Å². The topological polar surface area (TPSA) is 78.1 Å². The van der Waals surface area contributed by atoms with E-state index in [1.165, 1.54) is 16.2 Å². The molecule has 26 heavy (non-hydrogen) atoms. The van der Waals surface area contributed by atoms with E-state index >= 15 is 0 Å². The maximum Gasteiger partial charge on any atom is 0.269 e. The number of H-pyrrole nitrogens is 1. The predicted molar refractivity (Wildman–Crippen MR) is 105 cm³/mol. The van der Waals surface area contributed by atoms with Crippen molar-refractivity contribution in [2.75, 3.05) is 25.3 Å². The molecule has 0 spiro atoms. The monoisotopic (exact) mass is 388 g/mol. The number of nitrogens with zero attached hydrogens (tertiary/aromatic N) is 2. The molecule has 0 bridgehead atoms. The quantitative estimate of drug-likeness (QED) is 0.654. The lowest BCUT2D eigenvalue weighted by Gasteiger charge is -2.07. The number of nitrogens with one attached hydrogen (secondary N) is 2. The van der Waals surface area contributed by atoms with Crippen LogP contribution in [0.4, 0.5) is 5.69 Å². The summed E-state index contributed by atoms with van der Waals surface area (Å²) in [5, 5.41) is 5.49. The molecule has 2 N–H and O–H groups in total. The lowest BCUT2D eigenvalue weighted by molar-refractivity contribution is -0.113. The minimum Gasteiger partial charge on any atom is -0.357 e. The fraction of sp³-hybridized carbons (Fsp3) is 0.167. The van der Waals surface area contributed by atoms with E-state index in [1.54, 1.807) is 32.4 Å². The molecule has 1 aromatic carbocycles. The van der Waals surface area contributed by atoms with E-state index in [1.807, 2.05) is 23.6 Å². The SMILES string of the molecule is CN(C)C(=O)c1cc(-c2csc(-c3cccc(NC(=O)CCl)c3)n2)c[nH]1. The van der Waals surface area contributed by atoms with Gasteiger partial charge in [-0.3, -0.25) is 9.59 Å². The first kappa shape index (κ1) is 18.2. The molecule has 0 saturated heterocycles. The molecule has 2 amide bonds. The maximum absolute atomic E-state index is 12.0. The largest absolute Gasteiger partial charge is 0.357 e. The first-order valence-corrected chi connectivity index (χ1v) is 9.21. The second-order valence-corrected chi connectivity index (χ2v) is 6.93. The summed E-state index contributed by atoms with van der Waals surface area (Å²) in [5.41, 5.74) is 3.73. The van der Waals surface area contributed by atoms with Crippen LogP contribution in [0.25, 0.3) is 21.8 Å². The van der Waals surface area contributed by atoms with Crippen LogP contribution in [0, 0.1) is 0 Å². The van der Waals surface area contributed by atoms with E-state index in [4.69, 9.17) is 11.6 Å². The number of aromatic nitrogens is 2. The highest BCUT2D eigenvalue weighted by Gasteiger charge is 2.14. The van der Waals surface area contributed by atoms with Crippen molar-refractivity contribution in [3.63, 3.8) is 0 Å². The fourth-order valence-electron chi connectivity index (χ4n) is 2.37. The van der Waals surface area contributed by atoms with Gasteiger partial charge in [-0.25, -0.2) is 4.98 Å². The Bertz CT molecular complexity index is 948. The van der Waals surface area contributed by atoms with E-state index in [0.717, 1.165) is 21.8 Å². The number of benzene rings is 1. The molecule has 2 heterocycles. The lowest BCUT2D eigenvalue weighted by Crippen LogP contribution is -2.21. The molecule has 0 aliphatic carbocycles. The number of aromatic amines is 1. The van der Waals surface area contributed by atoms with Crippen molar-refractivity contribution >= 4 is 40.4 Å². The van der Waals surface area contributed by atoms with Crippen molar-refractivity contribution in [1.29, 1.82) is 0 Å². The Morgan fingerprint density at radius 3 is 2.81 bits per heavy atom. The summed E-state index contributed by atoms with van der Waals surface area (Å²) in [6.45, 7) is 0. The Balaban J connectivity index is 1.83. The summed E-state index contributed by atoms with van der Waals surface area (Å²) >= 11 is 7.02. The standard InChI is InChI=1S/C18H17ClN4O2S/c1-23(2)18(25)14-7-12(9-20-14)15-10-26-17(22-15)11-4-3-5-13(6-11)21-16(24)8-19/h3-7,9-10,20H,8H2,1-2H3,(H,21,24). The number of thiazole rings is 1. The van der Waals surface area contributed by atoms with Crippen molar-refractivity contribution in [2.24, 2.45) is 0 Å². The zero-order valence-electron chi connectivity index (χ0n) is 14.2. The molecule has 8 heteroatoms. The number of amides is 2. The highest BCUT2D eigenvalue weighted by molar-refractivity contribution is 7.13. The van der Waals surface area contributed by atoms with Crippen molar-refractivity contribution in [2.45, 2.75) is 0 Å². The first-order valence-electron chi connectivity index (χ1n) is 7.80. The number of hydrogen-bond acceptors (Lipinski definition) is 4. The third-order valence-corrected chi connectivity index (χ3v) is 4.77. The zero-order valence-corrected chi connectivity index (χ0v) is 15.8. The number of rotatable bonds is 5. The first-order chi connectivity index (χ1) is 12.5. The fourth-order valence-corrected chi connectivity index (χ4v) is 3.26. The van der Waals surface area contributed by atoms with Gasteiger partial charge in [0.2, 0.25) is 5.91 Å². The molecule has 0 radical (unpaired) electrons. The summed E-state index contributed by atoms with van der Waals surface area (Å²) < 4.78 is 0. The van der Waals surface area contributed by atoms with Crippen molar-refractivity contribution in [3.05, 3.63) is 47.6 Å². The van der Waals surface area contributed by atoms with Crippen molar-refractivity contribution < 1.29 is 9.59 Å². The minimum absolute atomic E-state index is 0.0885. The Hall–Kier alpha value is -2.64. The van der Waals surface area contributed by atoms with Crippen LogP contribution in [0.1, 0.15) is 10.5 Å². The van der Waals surface area contributed by atoms with Gasteiger partial charge in [0, 0.05) is 42.5 Å². The Kier molecular flexibility index (Phi) is 5.39. The number of halogens is 1. The van der Waals surface area contributed by atoms with Gasteiger partial charge in [-0.05, 0) is 18.2 Å². The second-order valence-electron chi connectivity index (χ2n) is 5.80. The van der Waals surface area contributed by atoms with Gasteiger partial charge in [-0.1, -0.05) is 12.1 Å². The van der Waals surface area contributed by atoms with Crippen LogP contribution in [0.5, 0.6) is 0 Å². The van der Waals surface area contributed by atoms with Crippen LogP contribution in [0.2, 0.25) is 0 Å². The van der Waals surface area contributed by atoms with Crippen LogP contribution in [0.15, 0.2) is 41.9 Å².